The van der Waals surface area contributed by atoms with Crippen molar-refractivity contribution in [2.75, 3.05) is 18.8 Å². The third kappa shape index (κ3) is 4.25. The van der Waals surface area contributed by atoms with E-state index in [0.717, 1.165) is 24.4 Å². The van der Waals surface area contributed by atoms with Crippen LogP contribution in [0.2, 0.25) is 0 Å². The molecule has 1 aromatic rings. The van der Waals surface area contributed by atoms with Crippen molar-refractivity contribution < 1.29 is 4.79 Å². The Morgan fingerprint density at radius 2 is 2.10 bits per heavy atom. The lowest BCUT2D eigenvalue weighted by Crippen LogP contribution is -2.46. The van der Waals surface area contributed by atoms with Gasteiger partial charge in [0.15, 0.2) is 0 Å². The van der Waals surface area contributed by atoms with Crippen molar-refractivity contribution in [1.29, 1.82) is 0 Å². The van der Waals surface area contributed by atoms with Gasteiger partial charge in [0.2, 0.25) is 5.91 Å². The second-order valence-electron chi connectivity index (χ2n) is 5.98. The van der Waals surface area contributed by atoms with E-state index in [-0.39, 0.29) is 16.7 Å². The van der Waals surface area contributed by atoms with E-state index >= 15 is 0 Å². The number of carbonyl (C=O) groups is 1. The Morgan fingerprint density at radius 1 is 1.40 bits per heavy atom. The molecule has 0 aromatic heterocycles. The lowest BCUT2D eigenvalue weighted by atomic mass is 10.0. The van der Waals surface area contributed by atoms with E-state index in [1.54, 1.807) is 0 Å². The van der Waals surface area contributed by atoms with Crippen molar-refractivity contribution >= 4 is 17.7 Å². The summed E-state index contributed by atoms with van der Waals surface area (Å²) >= 11 is 1.94. The zero-order chi connectivity index (χ0) is 14.6. The van der Waals surface area contributed by atoms with Crippen LogP contribution in [0.15, 0.2) is 30.3 Å². The summed E-state index contributed by atoms with van der Waals surface area (Å²) in [5.74, 6) is 1.27. The molecule has 1 aromatic carbocycles. The summed E-state index contributed by atoms with van der Waals surface area (Å²) in [6, 6.07) is 9.95. The first kappa shape index (κ1) is 15.4. The summed E-state index contributed by atoms with van der Waals surface area (Å²) in [4.78, 5) is 14.3. The Bertz CT molecular complexity index is 447. The van der Waals surface area contributed by atoms with Gasteiger partial charge in [-0.3, -0.25) is 4.79 Å². The van der Waals surface area contributed by atoms with E-state index in [2.05, 4.69) is 13.8 Å². The maximum absolute atomic E-state index is 12.3. The fourth-order valence-electron chi connectivity index (χ4n) is 2.53. The Labute approximate surface area is 125 Å². The summed E-state index contributed by atoms with van der Waals surface area (Å²) in [5.41, 5.74) is 7.26. The fourth-order valence-corrected chi connectivity index (χ4v) is 3.64. The molecule has 1 atom stereocenters. The topological polar surface area (TPSA) is 46.3 Å². The highest BCUT2D eigenvalue weighted by Crippen LogP contribution is 2.30. The van der Waals surface area contributed by atoms with Crippen molar-refractivity contribution in [2.24, 2.45) is 5.73 Å². The summed E-state index contributed by atoms with van der Waals surface area (Å²) < 4.78 is 0.176. The number of nitrogens with two attached hydrogens (primary N) is 1. The molecule has 2 rings (SSSR count). The van der Waals surface area contributed by atoms with Crippen LogP contribution in [0.5, 0.6) is 0 Å². The van der Waals surface area contributed by atoms with Crippen molar-refractivity contribution in [1.82, 2.24) is 4.90 Å². The van der Waals surface area contributed by atoms with Crippen LogP contribution in [-0.4, -0.2) is 34.4 Å². The van der Waals surface area contributed by atoms with Gasteiger partial charge in [-0.15, -0.1) is 0 Å². The summed E-state index contributed by atoms with van der Waals surface area (Å²) in [5, 5.41) is 0. The Morgan fingerprint density at radius 3 is 2.75 bits per heavy atom. The van der Waals surface area contributed by atoms with Crippen LogP contribution in [0.3, 0.4) is 0 Å². The molecule has 1 fully saturated rings. The Balaban J connectivity index is 1.83. The first-order chi connectivity index (χ1) is 9.48. The van der Waals surface area contributed by atoms with Gasteiger partial charge in [0.25, 0.3) is 0 Å². The van der Waals surface area contributed by atoms with Crippen LogP contribution >= 0.6 is 11.8 Å². The molecule has 110 valence electrons. The Kier molecular flexibility index (Phi) is 5.11. The molecular formula is C16H24N2OS. The largest absolute Gasteiger partial charge is 0.341 e. The molecule has 1 aliphatic rings. The zero-order valence-electron chi connectivity index (χ0n) is 12.3. The number of benzene rings is 1. The monoisotopic (exact) mass is 292 g/mol. The van der Waals surface area contributed by atoms with Gasteiger partial charge in [-0.2, -0.15) is 11.8 Å². The standard InChI is InChI=1S/C16H24N2OS/c1-16(2)12-18(10-11-20-16)15(19)9-8-14(17)13-6-4-3-5-7-13/h3-7,14H,8-12,17H2,1-2H3. The van der Waals surface area contributed by atoms with E-state index in [0.29, 0.717) is 12.8 Å². The van der Waals surface area contributed by atoms with Crippen molar-refractivity contribution in [3.8, 4) is 0 Å². The number of hydrogen-bond donors (Lipinski definition) is 1. The van der Waals surface area contributed by atoms with E-state index in [1.165, 1.54) is 0 Å². The lowest BCUT2D eigenvalue weighted by Gasteiger charge is -2.37. The molecule has 3 nitrogen and oxygen atoms in total. The number of carbonyl (C=O) groups excluding carboxylic acids is 1. The minimum Gasteiger partial charge on any atom is -0.341 e. The van der Waals surface area contributed by atoms with Crippen LogP contribution in [-0.2, 0) is 4.79 Å². The molecule has 4 heteroatoms. The van der Waals surface area contributed by atoms with E-state index in [4.69, 9.17) is 5.73 Å². The maximum atomic E-state index is 12.3. The van der Waals surface area contributed by atoms with Crippen LogP contribution in [0.1, 0.15) is 38.3 Å². The second kappa shape index (κ2) is 6.64. The van der Waals surface area contributed by atoms with Crippen molar-refractivity contribution in [3.63, 3.8) is 0 Å². The van der Waals surface area contributed by atoms with Crippen LogP contribution in [0.25, 0.3) is 0 Å². The average Bonchev–Trinajstić information content (AvgIpc) is 2.44. The highest BCUT2D eigenvalue weighted by atomic mass is 32.2. The fraction of sp³-hybridized carbons (Fsp3) is 0.562. The molecule has 0 aliphatic carbocycles. The molecule has 1 unspecified atom stereocenters. The summed E-state index contributed by atoms with van der Waals surface area (Å²) in [7, 11) is 0. The van der Waals surface area contributed by atoms with E-state index < -0.39 is 0 Å². The lowest BCUT2D eigenvalue weighted by molar-refractivity contribution is -0.131. The smallest absolute Gasteiger partial charge is 0.222 e. The van der Waals surface area contributed by atoms with Gasteiger partial charge in [0, 0.05) is 36.1 Å². The van der Waals surface area contributed by atoms with Gasteiger partial charge in [-0.25, -0.2) is 0 Å². The van der Waals surface area contributed by atoms with Gasteiger partial charge in [0.1, 0.15) is 0 Å². The van der Waals surface area contributed by atoms with Crippen molar-refractivity contribution in [3.05, 3.63) is 35.9 Å². The molecule has 1 amide bonds. The molecule has 1 heterocycles. The summed E-state index contributed by atoms with van der Waals surface area (Å²) in [6.45, 7) is 6.12. The first-order valence-corrected chi connectivity index (χ1v) is 8.19. The van der Waals surface area contributed by atoms with Gasteiger partial charge in [-0.05, 0) is 25.8 Å². The first-order valence-electron chi connectivity index (χ1n) is 7.20. The highest BCUT2D eigenvalue weighted by molar-refractivity contribution is 8.00. The molecule has 0 radical (unpaired) electrons. The van der Waals surface area contributed by atoms with E-state index in [1.807, 2.05) is 47.0 Å². The Hall–Kier alpha value is -1.00. The molecule has 20 heavy (non-hydrogen) atoms. The van der Waals surface area contributed by atoms with Crippen LogP contribution < -0.4 is 5.73 Å². The minimum atomic E-state index is -0.0488. The van der Waals surface area contributed by atoms with Crippen molar-refractivity contribution in [2.45, 2.75) is 37.5 Å². The summed E-state index contributed by atoms with van der Waals surface area (Å²) in [6.07, 6.45) is 1.25. The van der Waals surface area contributed by atoms with Crippen LogP contribution in [0.4, 0.5) is 0 Å². The molecule has 0 bridgehead atoms. The van der Waals surface area contributed by atoms with Gasteiger partial charge >= 0.3 is 0 Å². The number of rotatable bonds is 4. The zero-order valence-corrected chi connectivity index (χ0v) is 13.2. The molecule has 2 N–H and O–H groups in total. The van der Waals surface area contributed by atoms with Gasteiger partial charge in [0.05, 0.1) is 0 Å². The normalized spacial score (nSPS) is 19.6. The quantitative estimate of drug-likeness (QED) is 0.928. The van der Waals surface area contributed by atoms with Crippen LogP contribution in [0, 0.1) is 0 Å². The SMILES string of the molecule is CC1(C)CN(C(=O)CCC(N)c2ccccc2)CCS1. The third-order valence-electron chi connectivity index (χ3n) is 3.68. The van der Waals surface area contributed by atoms with E-state index in [9.17, 15) is 4.79 Å². The number of amides is 1. The predicted molar refractivity (Wildman–Crippen MR) is 85.7 cm³/mol. The molecule has 0 spiro atoms. The molecular weight excluding hydrogens is 268 g/mol. The predicted octanol–water partition coefficient (Wildman–Crippen LogP) is 2.82. The maximum Gasteiger partial charge on any atom is 0.222 e. The molecule has 1 saturated heterocycles. The molecule has 1 aliphatic heterocycles. The van der Waals surface area contributed by atoms with Gasteiger partial charge < -0.3 is 10.6 Å². The average molecular weight is 292 g/mol. The minimum absolute atomic E-state index is 0.0488. The second-order valence-corrected chi connectivity index (χ2v) is 7.78. The molecule has 0 saturated carbocycles. The third-order valence-corrected chi connectivity index (χ3v) is 4.97. The van der Waals surface area contributed by atoms with Gasteiger partial charge in [-0.1, -0.05) is 30.3 Å². The number of nitrogens with zero attached hydrogens (tertiary/aromatic N) is 1. The number of hydrogen-bond acceptors (Lipinski definition) is 3. The number of thioether (sulfide) groups is 1. The highest BCUT2D eigenvalue weighted by Gasteiger charge is 2.29.